The van der Waals surface area contributed by atoms with Gasteiger partial charge >= 0.3 is 0 Å². The molecule has 2 aromatic rings. The lowest BCUT2D eigenvalue weighted by Crippen LogP contribution is -2.29. The van der Waals surface area contributed by atoms with Gasteiger partial charge in [-0.1, -0.05) is 29.8 Å². The molecule has 0 unspecified atom stereocenters. The molecule has 0 radical (unpaired) electrons. The minimum absolute atomic E-state index is 0.0378. The van der Waals surface area contributed by atoms with Crippen LogP contribution in [0.25, 0.3) is 0 Å². The minimum Gasteiger partial charge on any atom is -0.491 e. The Morgan fingerprint density at radius 2 is 1.93 bits per heavy atom. The van der Waals surface area contributed by atoms with E-state index in [0.29, 0.717) is 26.0 Å². The molecule has 3 rings (SSSR count). The minimum atomic E-state index is -0.0378. The molecule has 2 amide bonds. The second-order valence-corrected chi connectivity index (χ2v) is 6.96. The maximum absolute atomic E-state index is 12.1. The largest absolute Gasteiger partial charge is 0.491 e. The lowest BCUT2D eigenvalue weighted by molar-refractivity contribution is -0.120. The van der Waals surface area contributed by atoms with Crippen LogP contribution >= 0.6 is 0 Å². The molecule has 142 valence electrons. The van der Waals surface area contributed by atoms with Gasteiger partial charge in [-0.05, 0) is 49.6 Å². The summed E-state index contributed by atoms with van der Waals surface area (Å²) < 4.78 is 5.72. The van der Waals surface area contributed by atoms with Gasteiger partial charge in [0.2, 0.25) is 11.8 Å². The molecule has 5 heteroatoms. The lowest BCUT2D eigenvalue weighted by Gasteiger charge is -2.16. The van der Waals surface area contributed by atoms with Gasteiger partial charge in [-0.2, -0.15) is 0 Å². The second-order valence-electron chi connectivity index (χ2n) is 6.96. The summed E-state index contributed by atoms with van der Waals surface area (Å²) in [7, 11) is 0. The first-order chi connectivity index (χ1) is 13.0. The highest BCUT2D eigenvalue weighted by molar-refractivity contribution is 5.95. The third-order valence-corrected chi connectivity index (χ3v) is 4.70. The third kappa shape index (κ3) is 5.09. The summed E-state index contributed by atoms with van der Waals surface area (Å²) in [6.07, 6.45) is 1.85. The molecule has 1 aliphatic heterocycles. The van der Waals surface area contributed by atoms with E-state index in [-0.39, 0.29) is 11.8 Å². The number of nitrogens with zero attached hydrogens (tertiary/aromatic N) is 1. The summed E-state index contributed by atoms with van der Waals surface area (Å²) in [6.45, 7) is 5.74. The number of nitrogens with one attached hydrogen (secondary N) is 1. The van der Waals surface area contributed by atoms with E-state index in [4.69, 9.17) is 4.74 Å². The van der Waals surface area contributed by atoms with E-state index >= 15 is 0 Å². The fourth-order valence-electron chi connectivity index (χ4n) is 3.28. The first-order valence-electron chi connectivity index (χ1n) is 9.39. The number of rotatable bonds is 7. The maximum Gasteiger partial charge on any atom is 0.227 e. The Morgan fingerprint density at radius 3 is 2.59 bits per heavy atom. The van der Waals surface area contributed by atoms with Gasteiger partial charge in [-0.15, -0.1) is 0 Å². The van der Waals surface area contributed by atoms with Crippen molar-refractivity contribution in [3.05, 3.63) is 59.2 Å². The van der Waals surface area contributed by atoms with Gasteiger partial charge in [0, 0.05) is 18.7 Å². The van der Waals surface area contributed by atoms with Crippen LogP contribution < -0.4 is 15.0 Å². The summed E-state index contributed by atoms with van der Waals surface area (Å²) in [5, 5.41) is 2.88. The van der Waals surface area contributed by atoms with Crippen LogP contribution in [0.4, 0.5) is 5.69 Å². The molecule has 2 aromatic carbocycles. The number of hydrogen-bond acceptors (Lipinski definition) is 3. The fraction of sp³-hybridized carbons (Fsp3) is 0.364. The Labute approximate surface area is 160 Å². The van der Waals surface area contributed by atoms with Gasteiger partial charge in [-0.25, -0.2) is 0 Å². The van der Waals surface area contributed by atoms with Gasteiger partial charge in [-0.3, -0.25) is 9.59 Å². The van der Waals surface area contributed by atoms with E-state index in [9.17, 15) is 9.59 Å². The van der Waals surface area contributed by atoms with Crippen LogP contribution in [-0.2, 0) is 16.0 Å². The van der Waals surface area contributed by atoms with Gasteiger partial charge < -0.3 is 15.0 Å². The highest BCUT2D eigenvalue weighted by Crippen LogP contribution is 2.21. The molecule has 0 bridgehead atoms. The molecular formula is C22H26N2O3. The van der Waals surface area contributed by atoms with Crippen molar-refractivity contribution in [2.45, 2.75) is 33.1 Å². The zero-order chi connectivity index (χ0) is 19.2. The Hall–Kier alpha value is -2.82. The molecular weight excluding hydrogens is 340 g/mol. The molecule has 0 aromatic heterocycles. The average molecular weight is 366 g/mol. The molecule has 1 aliphatic rings. The van der Waals surface area contributed by atoms with Gasteiger partial charge in [0.25, 0.3) is 0 Å². The van der Waals surface area contributed by atoms with Crippen LogP contribution in [-0.4, -0.2) is 31.5 Å². The summed E-state index contributed by atoms with van der Waals surface area (Å²) in [6, 6.07) is 13.7. The Balaban J connectivity index is 1.42. The molecule has 5 nitrogen and oxygen atoms in total. The smallest absolute Gasteiger partial charge is 0.227 e. The van der Waals surface area contributed by atoms with Crippen molar-refractivity contribution in [2.75, 3.05) is 24.6 Å². The standard InChI is InChI=1S/C22H26N2O3/c1-16-5-10-20(17(2)14-16)27-13-11-23-21(25)15-18-6-8-19(9-7-18)24-12-3-4-22(24)26/h5-10,14H,3-4,11-13,15H2,1-2H3,(H,23,25). The van der Waals surface area contributed by atoms with Gasteiger partial charge in [0.1, 0.15) is 12.4 Å². The number of ether oxygens (including phenoxy) is 1. The number of amides is 2. The second kappa shape index (κ2) is 8.71. The lowest BCUT2D eigenvalue weighted by atomic mass is 10.1. The summed E-state index contributed by atoms with van der Waals surface area (Å²) in [5.41, 5.74) is 4.13. The Bertz CT molecular complexity index is 815. The van der Waals surface area contributed by atoms with Crippen molar-refractivity contribution in [1.82, 2.24) is 5.32 Å². The van der Waals surface area contributed by atoms with E-state index in [1.165, 1.54) is 5.56 Å². The van der Waals surface area contributed by atoms with Crippen LogP contribution in [0.3, 0.4) is 0 Å². The van der Waals surface area contributed by atoms with Crippen molar-refractivity contribution >= 4 is 17.5 Å². The van der Waals surface area contributed by atoms with E-state index in [0.717, 1.165) is 35.5 Å². The maximum atomic E-state index is 12.1. The molecule has 0 atom stereocenters. The van der Waals surface area contributed by atoms with E-state index in [1.54, 1.807) is 4.90 Å². The van der Waals surface area contributed by atoms with Crippen molar-refractivity contribution in [3.63, 3.8) is 0 Å². The quantitative estimate of drug-likeness (QED) is 0.766. The first-order valence-corrected chi connectivity index (χ1v) is 9.39. The van der Waals surface area contributed by atoms with E-state index in [2.05, 4.69) is 11.4 Å². The first kappa shape index (κ1) is 19.0. The molecule has 1 saturated heterocycles. The van der Waals surface area contributed by atoms with Crippen molar-refractivity contribution < 1.29 is 14.3 Å². The Kier molecular flexibility index (Phi) is 6.12. The highest BCUT2D eigenvalue weighted by atomic mass is 16.5. The molecule has 1 heterocycles. The van der Waals surface area contributed by atoms with Crippen molar-refractivity contribution in [2.24, 2.45) is 0 Å². The summed E-state index contributed by atoms with van der Waals surface area (Å²) in [5.74, 6) is 0.982. The normalized spacial score (nSPS) is 13.7. The molecule has 1 fully saturated rings. The number of aryl methyl sites for hydroxylation is 2. The molecule has 1 N–H and O–H groups in total. The number of anilines is 1. The van der Waals surface area contributed by atoms with E-state index in [1.807, 2.05) is 50.2 Å². The van der Waals surface area contributed by atoms with Crippen LogP contribution in [0.5, 0.6) is 5.75 Å². The predicted octanol–water partition coefficient (Wildman–Crippen LogP) is 3.17. The van der Waals surface area contributed by atoms with Crippen molar-refractivity contribution in [3.8, 4) is 5.75 Å². The number of carbonyl (C=O) groups is 2. The van der Waals surface area contributed by atoms with Crippen LogP contribution in [0, 0.1) is 13.8 Å². The monoisotopic (exact) mass is 366 g/mol. The Morgan fingerprint density at radius 1 is 1.15 bits per heavy atom. The van der Waals surface area contributed by atoms with Crippen molar-refractivity contribution in [1.29, 1.82) is 0 Å². The van der Waals surface area contributed by atoms with E-state index < -0.39 is 0 Å². The summed E-state index contributed by atoms with van der Waals surface area (Å²) >= 11 is 0. The molecule has 0 aliphatic carbocycles. The average Bonchev–Trinajstić information content (AvgIpc) is 3.07. The number of benzene rings is 2. The van der Waals surface area contributed by atoms with Gasteiger partial charge in [0.15, 0.2) is 0 Å². The zero-order valence-corrected chi connectivity index (χ0v) is 16.0. The number of carbonyl (C=O) groups excluding carboxylic acids is 2. The topological polar surface area (TPSA) is 58.6 Å². The number of hydrogen-bond donors (Lipinski definition) is 1. The van der Waals surface area contributed by atoms with Crippen LogP contribution in [0.15, 0.2) is 42.5 Å². The highest BCUT2D eigenvalue weighted by Gasteiger charge is 2.21. The third-order valence-electron chi connectivity index (χ3n) is 4.70. The predicted molar refractivity (Wildman–Crippen MR) is 106 cm³/mol. The summed E-state index contributed by atoms with van der Waals surface area (Å²) in [4.78, 5) is 25.7. The SMILES string of the molecule is Cc1ccc(OCCNC(=O)Cc2ccc(N3CCCC3=O)cc2)c(C)c1. The molecule has 0 spiro atoms. The van der Waals surface area contributed by atoms with Crippen LogP contribution in [0.1, 0.15) is 29.5 Å². The fourth-order valence-corrected chi connectivity index (χ4v) is 3.28. The molecule has 27 heavy (non-hydrogen) atoms. The van der Waals surface area contributed by atoms with Crippen LogP contribution in [0.2, 0.25) is 0 Å². The van der Waals surface area contributed by atoms with Gasteiger partial charge in [0.05, 0.1) is 13.0 Å². The zero-order valence-electron chi connectivity index (χ0n) is 16.0. The molecule has 0 saturated carbocycles.